The Labute approximate surface area is 101 Å². The van der Waals surface area contributed by atoms with Crippen molar-refractivity contribution in [1.82, 2.24) is 4.90 Å². The molecule has 0 bridgehead atoms. The molecule has 1 aliphatic rings. The van der Waals surface area contributed by atoms with Crippen molar-refractivity contribution in [3.63, 3.8) is 0 Å². The van der Waals surface area contributed by atoms with E-state index in [1.165, 1.54) is 4.88 Å². The molecule has 0 aromatic carbocycles. The fraction of sp³-hybridized carbons (Fsp3) is 0.667. The first kappa shape index (κ1) is 12.0. The number of nitrogens with two attached hydrogens (primary N) is 1. The lowest BCUT2D eigenvalue weighted by atomic mass is 9.95. The van der Waals surface area contributed by atoms with Crippen molar-refractivity contribution in [3.8, 4) is 0 Å². The van der Waals surface area contributed by atoms with Crippen LogP contribution >= 0.6 is 11.3 Å². The van der Waals surface area contributed by atoms with Gasteiger partial charge in [-0.3, -0.25) is 4.90 Å². The minimum absolute atomic E-state index is 0.0312. The highest BCUT2D eigenvalue weighted by Gasteiger charge is 2.39. The van der Waals surface area contributed by atoms with Crippen LogP contribution < -0.4 is 5.73 Å². The zero-order chi connectivity index (χ0) is 11.6. The molecule has 16 heavy (non-hydrogen) atoms. The number of hydrogen-bond donors (Lipinski definition) is 1. The Morgan fingerprint density at radius 2 is 2.50 bits per heavy atom. The molecule has 2 N–H and O–H groups in total. The van der Waals surface area contributed by atoms with E-state index in [2.05, 4.69) is 36.4 Å². The third kappa shape index (κ3) is 2.02. The molecule has 2 heterocycles. The van der Waals surface area contributed by atoms with Gasteiger partial charge in [0, 0.05) is 24.1 Å². The summed E-state index contributed by atoms with van der Waals surface area (Å²) in [5, 5.41) is 2.12. The average Bonchev–Trinajstić information content (AvgIpc) is 2.98. The summed E-state index contributed by atoms with van der Waals surface area (Å²) in [7, 11) is 2.16. The summed E-state index contributed by atoms with van der Waals surface area (Å²) in [4.78, 5) is 3.77. The molecule has 1 aliphatic heterocycles. The lowest BCUT2D eigenvalue weighted by molar-refractivity contribution is 0.0658. The van der Waals surface area contributed by atoms with E-state index < -0.39 is 0 Å². The molecule has 2 unspecified atom stereocenters. The van der Waals surface area contributed by atoms with Gasteiger partial charge < -0.3 is 10.5 Å². The molecule has 0 spiro atoms. The van der Waals surface area contributed by atoms with Crippen molar-refractivity contribution in [2.75, 3.05) is 26.8 Å². The lowest BCUT2D eigenvalue weighted by Crippen LogP contribution is -2.53. The van der Waals surface area contributed by atoms with Crippen LogP contribution in [0.3, 0.4) is 0 Å². The minimum Gasteiger partial charge on any atom is -0.379 e. The third-order valence-electron chi connectivity index (χ3n) is 3.75. The Morgan fingerprint density at radius 3 is 3.00 bits per heavy atom. The second-order valence-electron chi connectivity index (χ2n) is 4.53. The number of likely N-dealkylation sites (N-methyl/N-ethyl adjacent to an activating group) is 1. The molecule has 90 valence electrons. The monoisotopic (exact) mass is 240 g/mol. The van der Waals surface area contributed by atoms with Crippen LogP contribution in [0.25, 0.3) is 0 Å². The van der Waals surface area contributed by atoms with Gasteiger partial charge >= 0.3 is 0 Å². The number of ether oxygens (including phenoxy) is 1. The van der Waals surface area contributed by atoms with E-state index >= 15 is 0 Å². The van der Waals surface area contributed by atoms with E-state index in [0.29, 0.717) is 12.6 Å². The molecule has 4 heteroatoms. The molecule has 2 atom stereocenters. The first-order valence-corrected chi connectivity index (χ1v) is 6.62. The maximum atomic E-state index is 5.94. The molecule has 0 saturated carbocycles. The molecule has 2 rings (SSSR count). The minimum atomic E-state index is 0.0312. The first-order chi connectivity index (χ1) is 7.69. The van der Waals surface area contributed by atoms with Crippen molar-refractivity contribution in [3.05, 3.63) is 22.4 Å². The summed E-state index contributed by atoms with van der Waals surface area (Å²) in [5.41, 5.74) is 5.97. The highest BCUT2D eigenvalue weighted by molar-refractivity contribution is 7.10. The summed E-state index contributed by atoms with van der Waals surface area (Å²) in [6.45, 7) is 4.50. The van der Waals surface area contributed by atoms with Crippen molar-refractivity contribution in [1.29, 1.82) is 0 Å². The van der Waals surface area contributed by atoms with Gasteiger partial charge in [-0.2, -0.15) is 0 Å². The third-order valence-corrected chi connectivity index (χ3v) is 4.79. The van der Waals surface area contributed by atoms with E-state index in [1.807, 2.05) is 0 Å². The summed E-state index contributed by atoms with van der Waals surface area (Å²) in [6.07, 6.45) is 1.04. The summed E-state index contributed by atoms with van der Waals surface area (Å²) >= 11 is 1.80. The van der Waals surface area contributed by atoms with E-state index in [1.54, 1.807) is 11.3 Å². The Hall–Kier alpha value is -0.420. The maximum absolute atomic E-state index is 5.94. The molecular formula is C12H20N2OS. The molecule has 1 fully saturated rings. The van der Waals surface area contributed by atoms with Gasteiger partial charge in [-0.1, -0.05) is 6.07 Å². The summed E-state index contributed by atoms with van der Waals surface area (Å²) < 4.78 is 5.52. The first-order valence-electron chi connectivity index (χ1n) is 5.74. The SMILES string of the molecule is CC(c1cccs1)N(C)C1(CN)CCOC1. The molecule has 0 radical (unpaired) electrons. The normalized spacial score (nSPS) is 27.5. The fourth-order valence-electron chi connectivity index (χ4n) is 2.31. The van der Waals surface area contributed by atoms with Crippen molar-refractivity contribution < 1.29 is 4.74 Å². The molecular weight excluding hydrogens is 220 g/mol. The Morgan fingerprint density at radius 1 is 1.69 bits per heavy atom. The van der Waals surface area contributed by atoms with Crippen LogP contribution in [0.1, 0.15) is 24.3 Å². The van der Waals surface area contributed by atoms with Crippen LogP contribution in [0.5, 0.6) is 0 Å². The van der Waals surface area contributed by atoms with Crippen molar-refractivity contribution >= 4 is 11.3 Å². The Balaban J connectivity index is 2.14. The van der Waals surface area contributed by atoms with Crippen LogP contribution in [0.4, 0.5) is 0 Å². The highest BCUT2D eigenvalue weighted by atomic mass is 32.1. The van der Waals surface area contributed by atoms with Crippen molar-refractivity contribution in [2.45, 2.75) is 24.9 Å². The van der Waals surface area contributed by atoms with Crippen LogP contribution in [-0.4, -0.2) is 37.2 Å². The van der Waals surface area contributed by atoms with Crippen LogP contribution in [0.2, 0.25) is 0 Å². The molecule has 1 saturated heterocycles. The van der Waals surface area contributed by atoms with Gasteiger partial charge in [0.15, 0.2) is 0 Å². The van der Waals surface area contributed by atoms with Crippen LogP contribution in [0, 0.1) is 0 Å². The molecule has 1 aromatic heterocycles. The van der Waals surface area contributed by atoms with Crippen molar-refractivity contribution in [2.24, 2.45) is 5.73 Å². The molecule has 0 aliphatic carbocycles. The Kier molecular flexibility index (Phi) is 3.64. The quantitative estimate of drug-likeness (QED) is 0.873. The Bertz CT molecular complexity index is 320. The summed E-state index contributed by atoms with van der Waals surface area (Å²) in [6, 6.07) is 4.70. The summed E-state index contributed by atoms with van der Waals surface area (Å²) in [5.74, 6) is 0. The average molecular weight is 240 g/mol. The molecule has 1 aromatic rings. The predicted octanol–water partition coefficient (Wildman–Crippen LogP) is 1.86. The largest absolute Gasteiger partial charge is 0.379 e. The van der Waals surface area contributed by atoms with Gasteiger partial charge in [-0.05, 0) is 31.8 Å². The lowest BCUT2D eigenvalue weighted by Gasteiger charge is -2.40. The second-order valence-corrected chi connectivity index (χ2v) is 5.51. The van der Waals surface area contributed by atoms with Crippen LogP contribution in [-0.2, 0) is 4.74 Å². The number of thiophene rings is 1. The van der Waals surface area contributed by atoms with Gasteiger partial charge in [0.05, 0.1) is 12.1 Å². The molecule has 0 amide bonds. The van der Waals surface area contributed by atoms with Gasteiger partial charge in [-0.15, -0.1) is 11.3 Å². The standard InChI is InChI=1S/C12H20N2OS/c1-10(11-4-3-7-16-11)14(2)12(8-13)5-6-15-9-12/h3-4,7,10H,5-6,8-9,13H2,1-2H3. The molecule has 3 nitrogen and oxygen atoms in total. The van der Waals surface area contributed by atoms with Crippen LogP contribution in [0.15, 0.2) is 17.5 Å². The van der Waals surface area contributed by atoms with E-state index in [4.69, 9.17) is 10.5 Å². The zero-order valence-corrected chi connectivity index (χ0v) is 10.8. The van der Waals surface area contributed by atoms with Gasteiger partial charge in [0.25, 0.3) is 0 Å². The fourth-order valence-corrected chi connectivity index (χ4v) is 3.14. The van der Waals surface area contributed by atoms with E-state index in [0.717, 1.165) is 19.6 Å². The predicted molar refractivity (Wildman–Crippen MR) is 67.7 cm³/mol. The zero-order valence-electron chi connectivity index (χ0n) is 9.98. The smallest absolute Gasteiger partial charge is 0.0663 e. The van der Waals surface area contributed by atoms with E-state index in [9.17, 15) is 0 Å². The van der Waals surface area contributed by atoms with Gasteiger partial charge in [0.1, 0.15) is 0 Å². The number of hydrogen-bond acceptors (Lipinski definition) is 4. The topological polar surface area (TPSA) is 38.5 Å². The highest BCUT2D eigenvalue weighted by Crippen LogP contribution is 2.33. The second kappa shape index (κ2) is 4.84. The van der Waals surface area contributed by atoms with E-state index in [-0.39, 0.29) is 5.54 Å². The van der Waals surface area contributed by atoms with Gasteiger partial charge in [0.2, 0.25) is 0 Å². The van der Waals surface area contributed by atoms with Gasteiger partial charge in [-0.25, -0.2) is 0 Å². The number of rotatable bonds is 4. The number of nitrogens with zero attached hydrogens (tertiary/aromatic N) is 1. The maximum Gasteiger partial charge on any atom is 0.0663 e.